The van der Waals surface area contributed by atoms with Crippen molar-refractivity contribution in [2.75, 3.05) is 39.3 Å². The number of nitrogens with zero attached hydrogens (tertiary/aromatic N) is 2. The second-order valence-corrected chi connectivity index (χ2v) is 7.85. The molecule has 118 valence electrons. The first-order valence-electron chi connectivity index (χ1n) is 8.69. The van der Waals surface area contributed by atoms with E-state index in [1.54, 1.807) is 0 Å². The number of rotatable bonds is 7. The van der Waals surface area contributed by atoms with Crippen LogP contribution in [0.2, 0.25) is 0 Å². The van der Waals surface area contributed by atoms with Gasteiger partial charge < -0.3 is 10.2 Å². The molecule has 1 unspecified atom stereocenters. The van der Waals surface area contributed by atoms with Crippen molar-refractivity contribution in [3.8, 4) is 0 Å². The van der Waals surface area contributed by atoms with Gasteiger partial charge in [-0.15, -0.1) is 0 Å². The van der Waals surface area contributed by atoms with Gasteiger partial charge in [-0.1, -0.05) is 13.3 Å². The predicted molar refractivity (Wildman–Crippen MR) is 87.2 cm³/mol. The Hall–Kier alpha value is -0.120. The van der Waals surface area contributed by atoms with Gasteiger partial charge in [-0.3, -0.25) is 4.90 Å². The molecule has 0 bridgehead atoms. The third-order valence-electron chi connectivity index (χ3n) is 4.63. The summed E-state index contributed by atoms with van der Waals surface area (Å²) in [6.45, 7) is 16.7. The average Bonchev–Trinajstić information content (AvgIpc) is 3.18. The maximum atomic E-state index is 3.70. The van der Waals surface area contributed by atoms with Gasteiger partial charge in [0.1, 0.15) is 0 Å². The van der Waals surface area contributed by atoms with E-state index in [1.165, 1.54) is 58.4 Å². The molecule has 3 nitrogen and oxygen atoms in total. The predicted octanol–water partition coefficient (Wildman–Crippen LogP) is 2.57. The number of piperazine rings is 1. The van der Waals surface area contributed by atoms with E-state index in [-0.39, 0.29) is 5.54 Å². The van der Waals surface area contributed by atoms with Gasteiger partial charge in [-0.05, 0) is 46.0 Å². The third kappa shape index (κ3) is 5.71. The summed E-state index contributed by atoms with van der Waals surface area (Å²) < 4.78 is 0. The van der Waals surface area contributed by atoms with Crippen molar-refractivity contribution in [3.05, 3.63) is 0 Å². The van der Waals surface area contributed by atoms with Crippen molar-refractivity contribution in [1.29, 1.82) is 0 Å². The Morgan fingerprint density at radius 1 is 1.10 bits per heavy atom. The molecule has 1 saturated heterocycles. The Balaban J connectivity index is 1.74. The van der Waals surface area contributed by atoms with Gasteiger partial charge >= 0.3 is 0 Å². The van der Waals surface area contributed by atoms with Gasteiger partial charge in [0.25, 0.3) is 0 Å². The second-order valence-electron chi connectivity index (χ2n) is 7.85. The maximum absolute atomic E-state index is 3.70. The lowest BCUT2D eigenvalue weighted by Crippen LogP contribution is -2.54. The van der Waals surface area contributed by atoms with Gasteiger partial charge in [0.15, 0.2) is 0 Å². The van der Waals surface area contributed by atoms with Crippen LogP contribution in [0.5, 0.6) is 0 Å². The maximum Gasteiger partial charge on any atom is 0.0221 e. The summed E-state index contributed by atoms with van der Waals surface area (Å²) in [6.07, 6.45) is 5.58. The molecule has 0 spiro atoms. The van der Waals surface area contributed by atoms with Crippen LogP contribution in [-0.2, 0) is 0 Å². The molecule has 3 heteroatoms. The first-order valence-corrected chi connectivity index (χ1v) is 8.69. The van der Waals surface area contributed by atoms with Crippen molar-refractivity contribution < 1.29 is 0 Å². The van der Waals surface area contributed by atoms with Crippen LogP contribution < -0.4 is 5.32 Å². The van der Waals surface area contributed by atoms with E-state index in [2.05, 4.69) is 42.8 Å². The zero-order valence-corrected chi connectivity index (χ0v) is 14.1. The summed E-state index contributed by atoms with van der Waals surface area (Å²) in [7, 11) is 0. The lowest BCUT2D eigenvalue weighted by molar-refractivity contribution is 0.0855. The average molecular weight is 281 g/mol. The van der Waals surface area contributed by atoms with Gasteiger partial charge in [0.05, 0.1) is 0 Å². The molecule has 1 heterocycles. The Morgan fingerprint density at radius 2 is 1.75 bits per heavy atom. The zero-order chi connectivity index (χ0) is 14.6. The highest BCUT2D eigenvalue weighted by Crippen LogP contribution is 2.30. The summed E-state index contributed by atoms with van der Waals surface area (Å²) in [6, 6.07) is 0.724. The molecule has 1 aliphatic carbocycles. The van der Waals surface area contributed by atoms with Gasteiger partial charge in [-0.25, -0.2) is 0 Å². The molecule has 0 aromatic carbocycles. The quantitative estimate of drug-likeness (QED) is 0.774. The van der Waals surface area contributed by atoms with Crippen LogP contribution in [-0.4, -0.2) is 60.6 Å². The fraction of sp³-hybridized carbons (Fsp3) is 1.00. The Kier molecular flexibility index (Phi) is 5.88. The van der Waals surface area contributed by atoms with E-state index in [1.807, 2.05) is 0 Å². The molecule has 2 fully saturated rings. The van der Waals surface area contributed by atoms with Crippen molar-refractivity contribution in [2.24, 2.45) is 5.92 Å². The smallest absolute Gasteiger partial charge is 0.0221 e. The summed E-state index contributed by atoms with van der Waals surface area (Å²) >= 11 is 0. The molecule has 0 amide bonds. The summed E-state index contributed by atoms with van der Waals surface area (Å²) in [5.74, 6) is 1.04. The number of nitrogens with one attached hydrogen (secondary N) is 1. The lowest BCUT2D eigenvalue weighted by Gasteiger charge is -2.40. The summed E-state index contributed by atoms with van der Waals surface area (Å²) in [5, 5.41) is 3.70. The van der Waals surface area contributed by atoms with Crippen LogP contribution in [0.3, 0.4) is 0 Å². The van der Waals surface area contributed by atoms with Crippen LogP contribution in [0.25, 0.3) is 0 Å². The SMILES string of the molecule is CCCC(CNC(C)(C)C)N1CCN(CC2CC2)CC1. The van der Waals surface area contributed by atoms with Crippen molar-refractivity contribution >= 4 is 0 Å². The fourth-order valence-electron chi connectivity index (χ4n) is 3.15. The standard InChI is InChI=1S/C17H35N3/c1-5-6-16(13-18-17(2,3)4)20-11-9-19(10-12-20)14-15-7-8-15/h15-16,18H,5-14H2,1-4H3. The molecule has 1 atom stereocenters. The van der Waals surface area contributed by atoms with E-state index in [9.17, 15) is 0 Å². The molecular formula is C17H35N3. The summed E-state index contributed by atoms with van der Waals surface area (Å²) in [5.41, 5.74) is 0.236. The molecule has 2 aliphatic rings. The van der Waals surface area contributed by atoms with E-state index in [4.69, 9.17) is 0 Å². The Morgan fingerprint density at radius 3 is 2.25 bits per heavy atom. The normalized spacial score (nSPS) is 24.0. The van der Waals surface area contributed by atoms with E-state index in [0.717, 1.165) is 18.5 Å². The monoisotopic (exact) mass is 281 g/mol. The van der Waals surface area contributed by atoms with Crippen molar-refractivity contribution in [2.45, 2.75) is 65.0 Å². The van der Waals surface area contributed by atoms with E-state index in [0.29, 0.717) is 0 Å². The van der Waals surface area contributed by atoms with Crippen LogP contribution in [0.15, 0.2) is 0 Å². The highest BCUT2D eigenvalue weighted by molar-refractivity contribution is 4.85. The second kappa shape index (κ2) is 7.24. The van der Waals surface area contributed by atoms with Gasteiger partial charge in [0, 0.05) is 50.8 Å². The highest BCUT2D eigenvalue weighted by atomic mass is 15.3. The van der Waals surface area contributed by atoms with E-state index < -0.39 is 0 Å². The van der Waals surface area contributed by atoms with Gasteiger partial charge in [-0.2, -0.15) is 0 Å². The number of hydrogen-bond donors (Lipinski definition) is 1. The molecule has 1 saturated carbocycles. The van der Waals surface area contributed by atoms with Crippen LogP contribution >= 0.6 is 0 Å². The molecule has 0 radical (unpaired) electrons. The molecule has 1 N–H and O–H groups in total. The lowest BCUT2D eigenvalue weighted by atomic mass is 10.1. The van der Waals surface area contributed by atoms with Crippen LogP contribution in [0, 0.1) is 5.92 Å². The molecular weight excluding hydrogens is 246 g/mol. The fourth-order valence-corrected chi connectivity index (χ4v) is 3.15. The van der Waals surface area contributed by atoms with Crippen LogP contribution in [0.4, 0.5) is 0 Å². The Labute approximate surface area is 126 Å². The minimum Gasteiger partial charge on any atom is -0.311 e. The third-order valence-corrected chi connectivity index (χ3v) is 4.63. The van der Waals surface area contributed by atoms with Crippen molar-refractivity contribution in [3.63, 3.8) is 0 Å². The zero-order valence-electron chi connectivity index (χ0n) is 14.1. The van der Waals surface area contributed by atoms with Crippen LogP contribution in [0.1, 0.15) is 53.4 Å². The first kappa shape index (κ1) is 16.3. The molecule has 1 aliphatic heterocycles. The molecule has 0 aromatic rings. The first-order chi connectivity index (χ1) is 9.48. The Bertz CT molecular complexity index is 272. The molecule has 2 rings (SSSR count). The molecule has 0 aromatic heterocycles. The molecule has 20 heavy (non-hydrogen) atoms. The topological polar surface area (TPSA) is 18.5 Å². The largest absolute Gasteiger partial charge is 0.311 e. The number of hydrogen-bond acceptors (Lipinski definition) is 3. The van der Waals surface area contributed by atoms with Gasteiger partial charge in [0.2, 0.25) is 0 Å². The van der Waals surface area contributed by atoms with E-state index >= 15 is 0 Å². The highest BCUT2D eigenvalue weighted by Gasteiger charge is 2.28. The summed E-state index contributed by atoms with van der Waals surface area (Å²) in [4.78, 5) is 5.42. The minimum atomic E-state index is 0.236. The minimum absolute atomic E-state index is 0.236. The van der Waals surface area contributed by atoms with Crippen molar-refractivity contribution in [1.82, 2.24) is 15.1 Å².